The molecule has 2 heterocycles. The predicted octanol–water partition coefficient (Wildman–Crippen LogP) is 2.09. The number of aromatic nitrogens is 2. The molecule has 1 aliphatic heterocycles. The zero-order valence-electron chi connectivity index (χ0n) is 16.2. The second-order valence-corrected chi connectivity index (χ2v) is 7.34. The fraction of sp³-hybridized carbons (Fsp3) is 0.667. The molecule has 0 aliphatic carbocycles. The first-order chi connectivity index (χ1) is 12.2. The largest absolute Gasteiger partial charge is 0.444 e. The minimum atomic E-state index is -0.548. The van der Waals surface area contributed by atoms with Crippen LogP contribution in [0, 0.1) is 11.3 Å². The molecular formula is C18H27N5O3. The Kier molecular flexibility index (Phi) is 5.90. The third-order valence-electron chi connectivity index (χ3n) is 4.26. The fourth-order valence-corrected chi connectivity index (χ4v) is 2.96. The molecule has 0 fully saturated rings. The third-order valence-corrected chi connectivity index (χ3v) is 4.26. The van der Waals surface area contributed by atoms with E-state index in [4.69, 9.17) is 10.00 Å². The summed E-state index contributed by atoms with van der Waals surface area (Å²) in [6, 6.07) is 2.07. The summed E-state index contributed by atoms with van der Waals surface area (Å²) in [6.45, 7) is 9.15. The standard InChI is InChI=1S/C18H27N5O3/c1-6-22(10-7-9-19)16(24)15-13-8-11-23(12-14(13)21(5)20-15)17(25)26-18(2,3)4/h6-8,10-12H2,1-5H3. The van der Waals surface area contributed by atoms with Crippen LogP contribution < -0.4 is 0 Å². The lowest BCUT2D eigenvalue weighted by Gasteiger charge is -2.30. The molecule has 2 amide bonds. The molecule has 26 heavy (non-hydrogen) atoms. The second-order valence-electron chi connectivity index (χ2n) is 7.34. The highest BCUT2D eigenvalue weighted by Gasteiger charge is 2.32. The first-order valence-corrected chi connectivity index (χ1v) is 8.86. The molecule has 8 nitrogen and oxygen atoms in total. The van der Waals surface area contributed by atoms with Gasteiger partial charge in [-0.2, -0.15) is 10.4 Å². The van der Waals surface area contributed by atoms with Gasteiger partial charge >= 0.3 is 6.09 Å². The molecule has 0 atom stereocenters. The maximum Gasteiger partial charge on any atom is 0.410 e. The zero-order chi connectivity index (χ0) is 19.5. The lowest BCUT2D eigenvalue weighted by atomic mass is 10.0. The molecule has 142 valence electrons. The van der Waals surface area contributed by atoms with Gasteiger partial charge in [0, 0.05) is 32.2 Å². The van der Waals surface area contributed by atoms with Crippen molar-refractivity contribution in [2.45, 2.75) is 52.7 Å². The van der Waals surface area contributed by atoms with Crippen molar-refractivity contribution in [1.82, 2.24) is 19.6 Å². The van der Waals surface area contributed by atoms with Crippen molar-refractivity contribution < 1.29 is 14.3 Å². The van der Waals surface area contributed by atoms with Crippen LogP contribution in [0.25, 0.3) is 0 Å². The van der Waals surface area contributed by atoms with Gasteiger partial charge in [-0.15, -0.1) is 0 Å². The van der Waals surface area contributed by atoms with Crippen LogP contribution in [0.4, 0.5) is 4.79 Å². The van der Waals surface area contributed by atoms with E-state index < -0.39 is 5.60 Å². The van der Waals surface area contributed by atoms with Crippen molar-refractivity contribution in [3.05, 3.63) is 17.0 Å². The van der Waals surface area contributed by atoms with E-state index in [1.54, 1.807) is 21.5 Å². The van der Waals surface area contributed by atoms with Gasteiger partial charge in [-0.1, -0.05) is 0 Å². The van der Waals surface area contributed by atoms with Gasteiger partial charge in [0.15, 0.2) is 5.69 Å². The van der Waals surface area contributed by atoms with E-state index in [-0.39, 0.29) is 12.0 Å². The molecule has 0 N–H and O–H groups in total. The highest BCUT2D eigenvalue weighted by atomic mass is 16.6. The number of rotatable bonds is 4. The Morgan fingerprint density at radius 3 is 2.65 bits per heavy atom. The number of ether oxygens (including phenoxy) is 1. The second kappa shape index (κ2) is 7.77. The van der Waals surface area contributed by atoms with Crippen molar-refractivity contribution in [1.29, 1.82) is 5.26 Å². The minimum absolute atomic E-state index is 0.162. The Bertz CT molecular complexity index is 726. The van der Waals surface area contributed by atoms with Crippen molar-refractivity contribution in [3.63, 3.8) is 0 Å². The highest BCUT2D eigenvalue weighted by Crippen LogP contribution is 2.24. The fourth-order valence-electron chi connectivity index (χ4n) is 2.96. The van der Waals surface area contributed by atoms with Crippen LogP contribution in [0.1, 0.15) is 55.9 Å². The molecule has 0 aromatic carbocycles. The molecule has 0 spiro atoms. The summed E-state index contributed by atoms with van der Waals surface area (Å²) >= 11 is 0. The van der Waals surface area contributed by atoms with Gasteiger partial charge in [0.25, 0.3) is 5.91 Å². The SMILES string of the molecule is CCN(CCC#N)C(=O)c1nn(C)c2c1CCN(C(=O)OC(C)(C)C)C2. The smallest absolute Gasteiger partial charge is 0.410 e. The lowest BCUT2D eigenvalue weighted by Crippen LogP contribution is -2.40. The van der Waals surface area contributed by atoms with Gasteiger partial charge in [-0.3, -0.25) is 9.48 Å². The molecule has 1 aromatic rings. The molecule has 8 heteroatoms. The van der Waals surface area contributed by atoms with Crippen LogP contribution in [0.3, 0.4) is 0 Å². The third kappa shape index (κ3) is 4.34. The summed E-state index contributed by atoms with van der Waals surface area (Å²) in [5.41, 5.74) is 1.61. The number of fused-ring (bicyclic) bond motifs is 1. The van der Waals surface area contributed by atoms with Crippen LogP contribution in [-0.2, 0) is 24.8 Å². The maximum atomic E-state index is 12.8. The molecule has 0 unspecified atom stereocenters. The maximum absolute atomic E-state index is 12.8. The number of carbonyl (C=O) groups is 2. The zero-order valence-corrected chi connectivity index (χ0v) is 16.2. The number of carbonyl (C=O) groups excluding carboxylic acids is 2. The quantitative estimate of drug-likeness (QED) is 0.819. The predicted molar refractivity (Wildman–Crippen MR) is 95.4 cm³/mol. The van der Waals surface area contributed by atoms with Crippen LogP contribution in [0.2, 0.25) is 0 Å². The van der Waals surface area contributed by atoms with Crippen molar-refractivity contribution in [2.24, 2.45) is 7.05 Å². The van der Waals surface area contributed by atoms with Crippen molar-refractivity contribution >= 4 is 12.0 Å². The molecule has 0 saturated heterocycles. The van der Waals surface area contributed by atoms with Gasteiger partial charge in [0.2, 0.25) is 0 Å². The Morgan fingerprint density at radius 1 is 1.38 bits per heavy atom. The molecule has 1 aromatic heterocycles. The van der Waals surface area contributed by atoms with E-state index >= 15 is 0 Å². The Balaban J connectivity index is 2.20. The summed E-state index contributed by atoms with van der Waals surface area (Å²) < 4.78 is 7.10. The summed E-state index contributed by atoms with van der Waals surface area (Å²) in [5, 5.41) is 13.2. The summed E-state index contributed by atoms with van der Waals surface area (Å²) in [6.07, 6.45) is 0.488. The Hall–Kier alpha value is -2.56. The van der Waals surface area contributed by atoms with Crippen LogP contribution in [0.15, 0.2) is 0 Å². The molecular weight excluding hydrogens is 334 g/mol. The highest BCUT2D eigenvalue weighted by molar-refractivity contribution is 5.94. The van der Waals surface area contributed by atoms with Crippen LogP contribution >= 0.6 is 0 Å². The average Bonchev–Trinajstić information content (AvgIpc) is 2.90. The number of hydrogen-bond acceptors (Lipinski definition) is 5. The molecule has 1 aliphatic rings. The van der Waals surface area contributed by atoms with E-state index in [0.717, 1.165) is 11.3 Å². The van der Waals surface area contributed by atoms with E-state index in [9.17, 15) is 9.59 Å². The topological polar surface area (TPSA) is 91.5 Å². The number of nitrogens with zero attached hydrogens (tertiary/aromatic N) is 5. The van der Waals surface area contributed by atoms with Gasteiger partial charge in [0.1, 0.15) is 5.60 Å². The van der Waals surface area contributed by atoms with Crippen LogP contribution in [0.5, 0.6) is 0 Å². The average molecular weight is 361 g/mol. The molecule has 0 saturated carbocycles. The lowest BCUT2D eigenvalue weighted by molar-refractivity contribution is 0.0219. The minimum Gasteiger partial charge on any atom is -0.444 e. The first-order valence-electron chi connectivity index (χ1n) is 8.86. The normalized spacial score (nSPS) is 13.8. The van der Waals surface area contributed by atoms with E-state index in [1.165, 1.54) is 0 Å². The monoisotopic (exact) mass is 361 g/mol. The van der Waals surface area contributed by atoms with E-state index in [2.05, 4.69) is 11.2 Å². The summed E-state index contributed by atoms with van der Waals surface area (Å²) in [7, 11) is 1.78. The summed E-state index contributed by atoms with van der Waals surface area (Å²) in [4.78, 5) is 28.4. The van der Waals surface area contributed by atoms with E-state index in [1.807, 2.05) is 27.7 Å². The van der Waals surface area contributed by atoms with E-state index in [0.29, 0.717) is 44.7 Å². The number of hydrogen-bond donors (Lipinski definition) is 0. The number of amides is 2. The molecule has 0 bridgehead atoms. The Labute approximate surface area is 154 Å². The number of aryl methyl sites for hydroxylation is 1. The molecule has 0 radical (unpaired) electrons. The Morgan fingerprint density at radius 2 is 2.08 bits per heavy atom. The van der Waals surface area contributed by atoms with Gasteiger partial charge < -0.3 is 14.5 Å². The van der Waals surface area contributed by atoms with Crippen LogP contribution in [-0.4, -0.2) is 56.8 Å². The van der Waals surface area contributed by atoms with Gasteiger partial charge in [-0.25, -0.2) is 4.79 Å². The molecule has 2 rings (SSSR count). The van der Waals surface area contributed by atoms with Crippen molar-refractivity contribution in [3.8, 4) is 6.07 Å². The van der Waals surface area contributed by atoms with Crippen molar-refractivity contribution in [2.75, 3.05) is 19.6 Å². The number of nitriles is 1. The first kappa shape index (κ1) is 19.8. The summed E-state index contributed by atoms with van der Waals surface area (Å²) in [5.74, 6) is -0.162. The van der Waals surface area contributed by atoms with Gasteiger partial charge in [-0.05, 0) is 34.1 Å². The van der Waals surface area contributed by atoms with Gasteiger partial charge in [0.05, 0.1) is 24.7 Å².